The summed E-state index contributed by atoms with van der Waals surface area (Å²) >= 11 is 6.81. The molecule has 5 aliphatic rings. The van der Waals surface area contributed by atoms with E-state index in [1.807, 2.05) is 13.8 Å². The Morgan fingerprint density at radius 2 is 0.935 bits per heavy atom. The fourth-order valence-corrected chi connectivity index (χ4v) is 14.7. The molecule has 62 heavy (non-hydrogen) atoms. The summed E-state index contributed by atoms with van der Waals surface area (Å²) in [7, 11) is 0. The van der Waals surface area contributed by atoms with E-state index in [-0.39, 0.29) is 77.3 Å². The molecule has 0 saturated carbocycles. The van der Waals surface area contributed by atoms with Crippen molar-refractivity contribution in [2.75, 3.05) is 52.9 Å². The summed E-state index contributed by atoms with van der Waals surface area (Å²) in [5.41, 5.74) is -3.55. The lowest BCUT2D eigenvalue weighted by Crippen LogP contribution is -2.49. The normalized spacial score (nSPS) is 19.7. The molecule has 5 aromatic heterocycles. The van der Waals surface area contributed by atoms with E-state index in [2.05, 4.69) is 0 Å². The molecule has 0 spiro atoms. The average Bonchev–Trinajstić information content (AvgIpc) is 4.09. The molecule has 4 aliphatic heterocycles. The minimum absolute atomic E-state index is 0.0349. The molecular formula is C42H34F6O8S6. The third kappa shape index (κ3) is 6.31. The van der Waals surface area contributed by atoms with Crippen LogP contribution in [0.4, 0.5) is 26.3 Å². The highest BCUT2D eigenvalue weighted by atomic mass is 32.2. The number of fused-ring (bicyclic) bond motifs is 4. The number of allylic oxidation sites excluding steroid dienone is 4. The summed E-state index contributed by atoms with van der Waals surface area (Å²) in [6, 6.07) is 1.28. The molecule has 0 N–H and O–H groups in total. The highest BCUT2D eigenvalue weighted by Gasteiger charge is 2.80. The lowest BCUT2D eigenvalue weighted by atomic mass is 9.97. The predicted octanol–water partition coefficient (Wildman–Crippen LogP) is 13.2. The first-order chi connectivity index (χ1) is 29.6. The molecule has 0 unspecified atom stereocenters. The first kappa shape index (κ1) is 42.0. The number of hydrogen-bond acceptors (Lipinski definition) is 14. The maximum absolute atomic E-state index is 17.0. The zero-order valence-electron chi connectivity index (χ0n) is 33.4. The lowest BCUT2D eigenvalue weighted by Gasteiger charge is -2.25. The van der Waals surface area contributed by atoms with Crippen LogP contribution in [0.2, 0.25) is 0 Å². The van der Waals surface area contributed by atoms with Crippen LogP contribution in [-0.4, -0.2) is 70.6 Å². The molecule has 0 amide bonds. The highest BCUT2D eigenvalue weighted by molar-refractivity contribution is 8.16. The van der Waals surface area contributed by atoms with E-state index in [9.17, 15) is 0 Å². The summed E-state index contributed by atoms with van der Waals surface area (Å²) in [5, 5.41) is 0. The Labute approximate surface area is 375 Å². The van der Waals surface area contributed by atoms with Gasteiger partial charge in [-0.25, -0.2) is 0 Å². The van der Waals surface area contributed by atoms with Crippen LogP contribution >= 0.6 is 68.4 Å². The maximum atomic E-state index is 17.0. The quantitative estimate of drug-likeness (QED) is 0.141. The van der Waals surface area contributed by atoms with Crippen molar-refractivity contribution in [2.45, 2.75) is 52.4 Å². The number of rotatable bonds is 8. The van der Waals surface area contributed by atoms with Gasteiger partial charge in [0.15, 0.2) is 46.0 Å². The van der Waals surface area contributed by atoms with Gasteiger partial charge in [0.05, 0.1) is 24.4 Å². The fraction of sp³-hybridized carbons (Fsp3) is 0.381. The molecule has 10 rings (SSSR count). The molecule has 0 bridgehead atoms. The molecule has 0 fully saturated rings. The minimum Gasteiger partial charge on any atom is -0.485 e. The zero-order chi connectivity index (χ0) is 43.5. The Morgan fingerprint density at radius 3 is 1.45 bits per heavy atom. The Balaban J connectivity index is 1.25. The molecule has 0 aromatic carbocycles. The van der Waals surface area contributed by atoms with E-state index in [0.29, 0.717) is 70.4 Å². The van der Waals surface area contributed by atoms with Gasteiger partial charge in [-0.2, -0.15) is 26.3 Å². The van der Waals surface area contributed by atoms with Crippen molar-refractivity contribution < 1.29 is 64.2 Å². The van der Waals surface area contributed by atoms with Crippen LogP contribution in [0.3, 0.4) is 0 Å². The van der Waals surface area contributed by atoms with Crippen LogP contribution in [-0.2, 0) is 0 Å². The first-order valence-electron chi connectivity index (χ1n) is 19.3. The van der Waals surface area contributed by atoms with Crippen molar-refractivity contribution in [1.29, 1.82) is 0 Å². The maximum Gasteiger partial charge on any atom is 0.380 e. The fourth-order valence-electron chi connectivity index (χ4n) is 7.83. The van der Waals surface area contributed by atoms with E-state index in [1.165, 1.54) is 28.7 Å². The monoisotopic (exact) mass is 972 g/mol. The molecule has 5 aromatic rings. The van der Waals surface area contributed by atoms with Crippen molar-refractivity contribution in [1.82, 2.24) is 0 Å². The van der Waals surface area contributed by atoms with Gasteiger partial charge in [-0.05, 0) is 46.8 Å². The van der Waals surface area contributed by atoms with Crippen molar-refractivity contribution in [3.05, 3.63) is 58.6 Å². The largest absolute Gasteiger partial charge is 0.485 e. The third-order valence-corrected chi connectivity index (χ3v) is 17.9. The Hall–Kier alpha value is -3.95. The second-order valence-corrected chi connectivity index (χ2v) is 21.5. The topological polar surface area (TPSA) is 73.8 Å². The van der Waals surface area contributed by atoms with Gasteiger partial charge in [0.25, 0.3) is 0 Å². The van der Waals surface area contributed by atoms with Gasteiger partial charge in [0.1, 0.15) is 52.9 Å². The van der Waals surface area contributed by atoms with Gasteiger partial charge in [-0.15, -0.1) is 56.7 Å². The Morgan fingerprint density at radius 1 is 0.516 bits per heavy atom. The van der Waals surface area contributed by atoms with Gasteiger partial charge < -0.3 is 37.9 Å². The number of alkyl halides is 6. The summed E-state index contributed by atoms with van der Waals surface area (Å²) in [4.78, 5) is 5.23. The zero-order valence-corrected chi connectivity index (χ0v) is 38.3. The van der Waals surface area contributed by atoms with Crippen LogP contribution < -0.4 is 37.9 Å². The van der Waals surface area contributed by atoms with E-state index in [0.717, 1.165) is 61.6 Å². The Kier molecular flexibility index (Phi) is 10.4. The van der Waals surface area contributed by atoms with Crippen molar-refractivity contribution in [3.63, 3.8) is 0 Å². The van der Waals surface area contributed by atoms with E-state index in [4.69, 9.17) is 37.9 Å². The van der Waals surface area contributed by atoms with Gasteiger partial charge in [-0.3, -0.25) is 0 Å². The highest BCUT2D eigenvalue weighted by Crippen LogP contribution is 2.67. The Bertz CT molecular complexity index is 2750. The molecule has 8 nitrogen and oxygen atoms in total. The standard InChI is InChI=1S/C42H34F6O8S6/c1-6-23(36-31-27(17(2)57-36)49-7-11-53-31)61-25(38-33-29(19(4)59-38)51-9-13-55-33)16-22-26(41(45,46)42(47,48)40(22,43)44)21-15-24(37-32-28(18(3)58-37)50-8-12-54-32)62-35(21)39-34-30(20(5)60-39)52-10-14-56-34/h6,15-16H,7-14H2,1-5H3/b23-6-,25-16+. The van der Waals surface area contributed by atoms with Crippen LogP contribution in [0.25, 0.3) is 34.9 Å². The summed E-state index contributed by atoms with van der Waals surface area (Å²) in [5.74, 6) is -13.6. The van der Waals surface area contributed by atoms with E-state index in [1.54, 1.807) is 26.8 Å². The molecule has 0 saturated heterocycles. The number of aryl methyl sites for hydroxylation is 4. The van der Waals surface area contributed by atoms with Gasteiger partial charge in [0.2, 0.25) is 0 Å². The van der Waals surface area contributed by atoms with Gasteiger partial charge >= 0.3 is 17.8 Å². The van der Waals surface area contributed by atoms with Crippen LogP contribution in [0.15, 0.2) is 23.8 Å². The smallest absolute Gasteiger partial charge is 0.380 e. The lowest BCUT2D eigenvalue weighted by molar-refractivity contribution is -0.259. The molecule has 328 valence electrons. The van der Waals surface area contributed by atoms with E-state index < -0.39 is 34.5 Å². The number of halogens is 6. The van der Waals surface area contributed by atoms with Crippen molar-refractivity contribution >= 4 is 83.8 Å². The molecule has 1 aliphatic carbocycles. The third-order valence-electron chi connectivity index (χ3n) is 10.6. The minimum atomic E-state index is -5.85. The number of thiophene rings is 5. The summed E-state index contributed by atoms with van der Waals surface area (Å²) in [6.07, 6.45) is 2.50. The number of thioether (sulfide) groups is 1. The second-order valence-electron chi connectivity index (χ2n) is 14.5. The van der Waals surface area contributed by atoms with Crippen LogP contribution in [0, 0.1) is 27.7 Å². The van der Waals surface area contributed by atoms with Gasteiger partial charge in [-0.1, -0.05) is 17.8 Å². The van der Waals surface area contributed by atoms with E-state index >= 15 is 26.3 Å². The number of ether oxygens (including phenoxy) is 8. The van der Waals surface area contributed by atoms with Gasteiger partial charge in [0, 0.05) is 50.9 Å². The SMILES string of the molecule is C/C=C(\S/C(=C/C1=C(c2cc(-c3sc(C)c4c3OCCO4)sc2-c2sc(C)c3c2OCCO3)C(F)(F)C(F)(F)C1(F)F)c1sc(C)c2c1OCCO2)c1sc(C)c2c1OCCO2. The predicted molar refractivity (Wildman–Crippen MR) is 233 cm³/mol. The molecule has 20 heteroatoms. The molecular weight excluding hydrogens is 939 g/mol. The van der Waals surface area contributed by atoms with Crippen molar-refractivity contribution in [2.24, 2.45) is 0 Å². The second kappa shape index (κ2) is 15.4. The number of hydrogen-bond donors (Lipinski definition) is 0. The summed E-state index contributed by atoms with van der Waals surface area (Å²) in [6.45, 7) is 10.7. The van der Waals surface area contributed by atoms with Crippen molar-refractivity contribution in [3.8, 4) is 65.5 Å². The average molecular weight is 973 g/mol. The first-order valence-corrected chi connectivity index (χ1v) is 24.2. The van der Waals surface area contributed by atoms with Crippen LogP contribution in [0.5, 0.6) is 46.0 Å². The molecule has 0 radical (unpaired) electrons. The van der Waals surface area contributed by atoms with Crippen LogP contribution in [0.1, 0.15) is 41.8 Å². The molecule has 9 heterocycles. The molecule has 0 atom stereocenters. The summed E-state index contributed by atoms with van der Waals surface area (Å²) < 4.78 is 148.